The Labute approximate surface area is 144 Å². The lowest BCUT2D eigenvalue weighted by molar-refractivity contribution is 0.578. The Hall–Kier alpha value is -2.87. The summed E-state index contributed by atoms with van der Waals surface area (Å²) in [6.07, 6.45) is 12.4. The molecule has 0 unspecified atom stereocenters. The van der Waals surface area contributed by atoms with Crippen molar-refractivity contribution in [3.8, 4) is 0 Å². The Kier molecular flexibility index (Phi) is 5.07. The average Bonchev–Trinajstić information content (AvgIpc) is 2.61. The van der Waals surface area contributed by atoms with E-state index >= 15 is 0 Å². The van der Waals surface area contributed by atoms with E-state index in [9.17, 15) is 0 Å². The SMILES string of the molecule is Cc1ccc(C=CC2=CN(C=Cc3ccc(C)cc3)CC=N2)cc1. The molecule has 0 bridgehead atoms. The first-order valence-corrected chi connectivity index (χ1v) is 8.19. The number of nitrogens with zero attached hydrogens (tertiary/aromatic N) is 2. The number of benzene rings is 2. The molecule has 3 rings (SSSR count). The van der Waals surface area contributed by atoms with Gasteiger partial charge < -0.3 is 4.90 Å². The second kappa shape index (κ2) is 7.60. The lowest BCUT2D eigenvalue weighted by Gasteiger charge is -2.17. The van der Waals surface area contributed by atoms with Crippen LogP contribution in [0.3, 0.4) is 0 Å². The van der Waals surface area contributed by atoms with Gasteiger partial charge in [-0.1, -0.05) is 65.7 Å². The van der Waals surface area contributed by atoms with E-state index in [0.717, 1.165) is 12.2 Å². The molecule has 120 valence electrons. The molecule has 0 saturated carbocycles. The molecule has 0 saturated heterocycles. The number of allylic oxidation sites excluding steroid dienone is 1. The summed E-state index contributed by atoms with van der Waals surface area (Å²) in [6.45, 7) is 4.99. The van der Waals surface area contributed by atoms with E-state index in [-0.39, 0.29) is 0 Å². The second-order valence-electron chi connectivity index (χ2n) is 6.03. The zero-order valence-corrected chi connectivity index (χ0v) is 14.2. The van der Waals surface area contributed by atoms with Crippen molar-refractivity contribution in [2.45, 2.75) is 13.8 Å². The van der Waals surface area contributed by atoms with Gasteiger partial charge >= 0.3 is 0 Å². The molecule has 0 spiro atoms. The van der Waals surface area contributed by atoms with Crippen molar-refractivity contribution in [3.63, 3.8) is 0 Å². The van der Waals surface area contributed by atoms with Crippen LogP contribution in [-0.2, 0) is 0 Å². The van der Waals surface area contributed by atoms with Crippen LogP contribution in [0.2, 0.25) is 0 Å². The molecule has 24 heavy (non-hydrogen) atoms. The van der Waals surface area contributed by atoms with Crippen molar-refractivity contribution >= 4 is 18.4 Å². The predicted octanol–water partition coefficient (Wildman–Crippen LogP) is 5.22. The molecule has 1 aliphatic rings. The molecule has 0 radical (unpaired) electrons. The molecule has 0 fully saturated rings. The second-order valence-corrected chi connectivity index (χ2v) is 6.03. The highest BCUT2D eigenvalue weighted by Gasteiger charge is 2.01. The molecule has 0 aromatic heterocycles. The summed E-state index contributed by atoms with van der Waals surface area (Å²) < 4.78 is 0. The van der Waals surface area contributed by atoms with Gasteiger partial charge in [-0.3, -0.25) is 4.99 Å². The van der Waals surface area contributed by atoms with Crippen molar-refractivity contribution in [2.24, 2.45) is 4.99 Å². The molecule has 1 aliphatic heterocycles. The van der Waals surface area contributed by atoms with Crippen LogP contribution in [0.25, 0.3) is 12.2 Å². The van der Waals surface area contributed by atoms with Gasteiger partial charge in [0.2, 0.25) is 0 Å². The maximum atomic E-state index is 4.45. The van der Waals surface area contributed by atoms with Gasteiger partial charge in [-0.15, -0.1) is 0 Å². The van der Waals surface area contributed by atoms with E-state index in [0.29, 0.717) is 0 Å². The molecule has 0 N–H and O–H groups in total. The molecular weight excluding hydrogens is 292 g/mol. The van der Waals surface area contributed by atoms with E-state index in [1.807, 2.05) is 12.3 Å². The molecule has 2 nitrogen and oxygen atoms in total. The summed E-state index contributed by atoms with van der Waals surface area (Å²) in [4.78, 5) is 6.59. The monoisotopic (exact) mass is 314 g/mol. The van der Waals surface area contributed by atoms with Gasteiger partial charge in [-0.05, 0) is 37.1 Å². The number of rotatable bonds is 4. The Morgan fingerprint density at radius 2 is 1.38 bits per heavy atom. The predicted molar refractivity (Wildman–Crippen MR) is 104 cm³/mol. The Morgan fingerprint density at radius 1 is 0.792 bits per heavy atom. The van der Waals surface area contributed by atoms with Crippen LogP contribution in [-0.4, -0.2) is 17.7 Å². The van der Waals surface area contributed by atoms with Crippen LogP contribution >= 0.6 is 0 Å². The minimum atomic E-state index is 0.796. The fourth-order valence-corrected chi connectivity index (χ4v) is 2.40. The molecule has 0 atom stereocenters. The summed E-state index contributed by atoms with van der Waals surface area (Å²) in [7, 11) is 0. The first-order chi connectivity index (χ1) is 11.7. The third-order valence-electron chi connectivity index (χ3n) is 3.89. The highest BCUT2D eigenvalue weighted by molar-refractivity contribution is 5.66. The summed E-state index contributed by atoms with van der Waals surface area (Å²) in [5, 5.41) is 0. The summed E-state index contributed by atoms with van der Waals surface area (Å²) >= 11 is 0. The van der Waals surface area contributed by atoms with E-state index in [1.54, 1.807) is 0 Å². The maximum absolute atomic E-state index is 4.45. The minimum absolute atomic E-state index is 0.796. The van der Waals surface area contributed by atoms with Crippen LogP contribution < -0.4 is 0 Å². The Bertz CT molecular complexity index is 791. The van der Waals surface area contributed by atoms with Crippen molar-refractivity contribution in [2.75, 3.05) is 6.54 Å². The van der Waals surface area contributed by atoms with Crippen LogP contribution in [0.15, 0.2) is 77.7 Å². The number of aliphatic imine (C=N–C) groups is 1. The zero-order valence-electron chi connectivity index (χ0n) is 14.2. The molecule has 2 aromatic rings. The number of hydrogen-bond acceptors (Lipinski definition) is 2. The lowest BCUT2D eigenvalue weighted by atomic mass is 10.1. The van der Waals surface area contributed by atoms with Crippen LogP contribution in [0, 0.1) is 13.8 Å². The van der Waals surface area contributed by atoms with E-state index in [4.69, 9.17) is 0 Å². The van der Waals surface area contributed by atoms with Crippen molar-refractivity contribution in [1.29, 1.82) is 0 Å². The van der Waals surface area contributed by atoms with E-state index in [2.05, 4.69) is 96.8 Å². The molecule has 0 aliphatic carbocycles. The average molecular weight is 314 g/mol. The van der Waals surface area contributed by atoms with Gasteiger partial charge in [-0.25, -0.2) is 0 Å². The minimum Gasteiger partial charge on any atom is -0.347 e. The molecule has 2 heteroatoms. The van der Waals surface area contributed by atoms with E-state index in [1.165, 1.54) is 22.3 Å². The topological polar surface area (TPSA) is 15.6 Å². The molecule has 1 heterocycles. The quantitative estimate of drug-likeness (QED) is 0.756. The van der Waals surface area contributed by atoms with Gasteiger partial charge in [0.05, 0.1) is 12.2 Å². The van der Waals surface area contributed by atoms with Gasteiger partial charge in [0.1, 0.15) is 0 Å². The summed E-state index contributed by atoms with van der Waals surface area (Å²) in [5.74, 6) is 0. The Morgan fingerprint density at radius 3 is 2.00 bits per heavy atom. The van der Waals surface area contributed by atoms with E-state index < -0.39 is 0 Å². The third kappa shape index (κ3) is 4.56. The largest absolute Gasteiger partial charge is 0.347 e. The Balaban J connectivity index is 1.67. The summed E-state index contributed by atoms with van der Waals surface area (Å²) in [5.41, 5.74) is 5.89. The highest BCUT2D eigenvalue weighted by Crippen LogP contribution is 2.12. The first kappa shape index (κ1) is 16.0. The maximum Gasteiger partial charge on any atom is 0.0788 e. The lowest BCUT2D eigenvalue weighted by Crippen LogP contribution is -2.16. The highest BCUT2D eigenvalue weighted by atomic mass is 15.1. The molecule has 2 aromatic carbocycles. The summed E-state index contributed by atoms with van der Waals surface area (Å²) in [6, 6.07) is 17.0. The van der Waals surface area contributed by atoms with Gasteiger partial charge in [0.25, 0.3) is 0 Å². The first-order valence-electron chi connectivity index (χ1n) is 8.19. The van der Waals surface area contributed by atoms with Gasteiger partial charge in [0, 0.05) is 18.6 Å². The fraction of sp³-hybridized carbons (Fsp3) is 0.136. The standard InChI is InChI=1S/C22H22N2/c1-18-3-7-20(8-4-18)11-12-22-17-24(16-14-23-22)15-13-21-9-5-19(2)6-10-21/h3-15,17H,16H2,1-2H3. The molecular formula is C22H22N2. The van der Waals surface area contributed by atoms with Gasteiger partial charge in [0.15, 0.2) is 0 Å². The molecule has 0 amide bonds. The smallest absolute Gasteiger partial charge is 0.0788 e. The van der Waals surface area contributed by atoms with Crippen LogP contribution in [0.4, 0.5) is 0 Å². The number of aryl methyl sites for hydroxylation is 2. The third-order valence-corrected chi connectivity index (χ3v) is 3.89. The van der Waals surface area contributed by atoms with Crippen LogP contribution in [0.5, 0.6) is 0 Å². The van der Waals surface area contributed by atoms with Crippen molar-refractivity contribution in [1.82, 2.24) is 4.90 Å². The van der Waals surface area contributed by atoms with Gasteiger partial charge in [-0.2, -0.15) is 0 Å². The zero-order chi connectivity index (χ0) is 16.8. The van der Waals surface area contributed by atoms with Crippen LogP contribution in [0.1, 0.15) is 22.3 Å². The number of hydrogen-bond donors (Lipinski definition) is 0. The normalized spacial score (nSPS) is 14.6. The van der Waals surface area contributed by atoms with Crippen molar-refractivity contribution < 1.29 is 0 Å². The fourth-order valence-electron chi connectivity index (χ4n) is 2.40. The van der Waals surface area contributed by atoms with Crippen molar-refractivity contribution in [3.05, 3.63) is 95.0 Å².